The number of thiophene rings is 1. The molecular formula is C22H24ClN3O3S2. The predicted molar refractivity (Wildman–Crippen MR) is 128 cm³/mol. The molecule has 1 N–H and O–H groups in total. The Morgan fingerprint density at radius 3 is 3.10 bits per heavy atom. The fourth-order valence-electron chi connectivity index (χ4n) is 3.62. The molecule has 31 heavy (non-hydrogen) atoms. The zero-order valence-corrected chi connectivity index (χ0v) is 19.7. The molecule has 1 aliphatic rings. The fraction of sp³-hybridized carbons (Fsp3) is 0.409. The number of hydrogen-bond donors (Lipinski definition) is 1. The molecule has 2 aromatic heterocycles. The summed E-state index contributed by atoms with van der Waals surface area (Å²) in [5, 5.41) is 1.40. The summed E-state index contributed by atoms with van der Waals surface area (Å²) in [5.41, 5.74) is 1.16. The number of fused-ring (bicyclic) bond motifs is 3. The molecule has 9 heteroatoms. The molecule has 0 bridgehead atoms. The first-order valence-corrected chi connectivity index (χ1v) is 12.6. The summed E-state index contributed by atoms with van der Waals surface area (Å²) < 4.78 is 5.64. The molecule has 1 aliphatic carbocycles. The minimum absolute atomic E-state index is 0.0319. The average molecular weight is 478 g/mol. The molecule has 0 spiro atoms. The van der Waals surface area contributed by atoms with Gasteiger partial charge in [-0.15, -0.1) is 11.3 Å². The number of ether oxygens (including phenoxy) is 1. The third-order valence-electron chi connectivity index (χ3n) is 5.24. The van der Waals surface area contributed by atoms with Gasteiger partial charge in [0.05, 0.1) is 17.7 Å². The monoisotopic (exact) mass is 477 g/mol. The Morgan fingerprint density at radius 2 is 2.26 bits per heavy atom. The van der Waals surface area contributed by atoms with E-state index in [1.54, 1.807) is 47.2 Å². The highest BCUT2D eigenvalue weighted by molar-refractivity contribution is 7.98. The van der Waals surface area contributed by atoms with Crippen molar-refractivity contribution in [3.63, 3.8) is 0 Å². The summed E-state index contributed by atoms with van der Waals surface area (Å²) in [6.45, 7) is 0.913. The zero-order valence-electron chi connectivity index (χ0n) is 17.3. The van der Waals surface area contributed by atoms with Crippen LogP contribution < -0.4 is 10.3 Å². The Labute approximate surface area is 194 Å². The van der Waals surface area contributed by atoms with Gasteiger partial charge in [-0.25, -0.2) is 4.98 Å². The molecule has 0 saturated carbocycles. The Kier molecular flexibility index (Phi) is 7.20. The van der Waals surface area contributed by atoms with Crippen LogP contribution in [-0.2, 0) is 23.4 Å². The third kappa shape index (κ3) is 5.42. The van der Waals surface area contributed by atoms with Crippen molar-refractivity contribution >= 4 is 50.8 Å². The molecule has 0 aliphatic heterocycles. The van der Waals surface area contributed by atoms with E-state index in [0.29, 0.717) is 47.7 Å². The van der Waals surface area contributed by atoms with Gasteiger partial charge in [0.25, 0.3) is 5.56 Å². The van der Waals surface area contributed by atoms with Gasteiger partial charge in [0.15, 0.2) is 0 Å². The van der Waals surface area contributed by atoms with Crippen LogP contribution >= 0.6 is 34.7 Å². The van der Waals surface area contributed by atoms with Crippen molar-refractivity contribution in [3.05, 3.63) is 55.9 Å². The van der Waals surface area contributed by atoms with Gasteiger partial charge < -0.3 is 14.6 Å². The molecule has 1 aromatic carbocycles. The molecule has 0 saturated heterocycles. The van der Waals surface area contributed by atoms with E-state index in [4.69, 9.17) is 16.3 Å². The normalized spacial score (nSPS) is 12.8. The summed E-state index contributed by atoms with van der Waals surface area (Å²) in [4.78, 5) is 36.2. The number of carbonyl (C=O) groups is 1. The van der Waals surface area contributed by atoms with Crippen LogP contribution in [0, 0.1) is 0 Å². The minimum Gasteiger partial charge on any atom is -0.492 e. The second-order valence-electron chi connectivity index (χ2n) is 7.47. The topological polar surface area (TPSA) is 75.3 Å². The number of thioether (sulfide) groups is 1. The van der Waals surface area contributed by atoms with E-state index in [1.807, 2.05) is 12.1 Å². The van der Waals surface area contributed by atoms with Crippen LogP contribution in [0.2, 0.25) is 5.02 Å². The maximum atomic E-state index is 12.5. The van der Waals surface area contributed by atoms with E-state index >= 15 is 0 Å². The van der Waals surface area contributed by atoms with E-state index in [1.165, 1.54) is 10.4 Å². The quantitative estimate of drug-likeness (QED) is 0.465. The molecule has 0 unspecified atom stereocenters. The van der Waals surface area contributed by atoms with Crippen molar-refractivity contribution < 1.29 is 9.53 Å². The number of nitrogens with zero attached hydrogens (tertiary/aromatic N) is 2. The lowest BCUT2D eigenvalue weighted by atomic mass is 10.2. The highest BCUT2D eigenvalue weighted by Gasteiger charge is 2.21. The maximum Gasteiger partial charge on any atom is 0.259 e. The predicted octanol–water partition coefficient (Wildman–Crippen LogP) is 4.29. The smallest absolute Gasteiger partial charge is 0.259 e. The van der Waals surface area contributed by atoms with E-state index in [0.717, 1.165) is 29.5 Å². The SMILES string of the molecule is CN(CCOc1cccc(Cl)c1)C(=O)CCSCc1nc2sc3c(c2c(=O)[nH]1)CCC3. The number of amides is 1. The van der Waals surface area contributed by atoms with Crippen molar-refractivity contribution in [2.24, 2.45) is 0 Å². The summed E-state index contributed by atoms with van der Waals surface area (Å²) in [5.74, 6) is 2.69. The number of benzene rings is 1. The summed E-state index contributed by atoms with van der Waals surface area (Å²) in [7, 11) is 1.78. The zero-order chi connectivity index (χ0) is 21.8. The lowest BCUT2D eigenvalue weighted by molar-refractivity contribution is -0.129. The number of rotatable bonds is 9. The Hall–Kier alpha value is -2.03. The molecule has 0 fully saturated rings. The first kappa shape index (κ1) is 22.2. The Bertz CT molecular complexity index is 1140. The first-order valence-electron chi connectivity index (χ1n) is 10.2. The number of hydrogen-bond acceptors (Lipinski definition) is 6. The fourth-order valence-corrected chi connectivity index (χ4v) is 5.87. The second kappa shape index (κ2) is 10.1. The van der Waals surface area contributed by atoms with Gasteiger partial charge in [0.2, 0.25) is 5.91 Å². The number of aromatic nitrogens is 2. The molecular weight excluding hydrogens is 454 g/mol. The van der Waals surface area contributed by atoms with Crippen LogP contribution in [0.15, 0.2) is 29.1 Å². The molecule has 6 nitrogen and oxygen atoms in total. The number of nitrogens with one attached hydrogen (secondary N) is 1. The van der Waals surface area contributed by atoms with Gasteiger partial charge >= 0.3 is 0 Å². The summed E-state index contributed by atoms with van der Waals surface area (Å²) in [6.07, 6.45) is 3.59. The van der Waals surface area contributed by atoms with Gasteiger partial charge in [0, 0.05) is 29.1 Å². The lowest BCUT2D eigenvalue weighted by Gasteiger charge is -2.17. The summed E-state index contributed by atoms with van der Waals surface area (Å²) >= 11 is 9.19. The van der Waals surface area contributed by atoms with Crippen LogP contribution in [0.4, 0.5) is 0 Å². The van der Waals surface area contributed by atoms with Crippen LogP contribution in [-0.4, -0.2) is 46.7 Å². The molecule has 4 rings (SSSR count). The van der Waals surface area contributed by atoms with E-state index in [9.17, 15) is 9.59 Å². The molecule has 2 heterocycles. The van der Waals surface area contributed by atoms with Crippen molar-refractivity contribution in [2.45, 2.75) is 31.4 Å². The number of aryl methyl sites for hydroxylation is 2. The molecule has 3 aromatic rings. The second-order valence-corrected chi connectivity index (χ2v) is 10.1. The highest BCUT2D eigenvalue weighted by atomic mass is 35.5. The first-order chi connectivity index (χ1) is 15.0. The Balaban J connectivity index is 1.20. The molecule has 1 amide bonds. The van der Waals surface area contributed by atoms with Gasteiger partial charge in [-0.2, -0.15) is 11.8 Å². The molecule has 0 atom stereocenters. The lowest BCUT2D eigenvalue weighted by Crippen LogP contribution is -2.31. The number of halogens is 1. The molecule has 0 radical (unpaired) electrons. The van der Waals surface area contributed by atoms with Crippen molar-refractivity contribution in [2.75, 3.05) is 26.0 Å². The molecule has 164 valence electrons. The van der Waals surface area contributed by atoms with Gasteiger partial charge in [-0.05, 0) is 43.0 Å². The van der Waals surface area contributed by atoms with Crippen molar-refractivity contribution in [3.8, 4) is 5.75 Å². The number of aromatic amines is 1. The van der Waals surface area contributed by atoms with Crippen LogP contribution in [0.5, 0.6) is 5.75 Å². The number of carbonyl (C=O) groups excluding carboxylic acids is 1. The number of H-pyrrole nitrogens is 1. The third-order valence-corrected chi connectivity index (χ3v) is 7.63. The van der Waals surface area contributed by atoms with Crippen molar-refractivity contribution in [1.82, 2.24) is 14.9 Å². The van der Waals surface area contributed by atoms with Gasteiger partial charge in [-0.1, -0.05) is 17.7 Å². The van der Waals surface area contributed by atoms with Crippen LogP contribution in [0.25, 0.3) is 10.2 Å². The van der Waals surface area contributed by atoms with Crippen LogP contribution in [0.1, 0.15) is 29.1 Å². The van der Waals surface area contributed by atoms with Crippen LogP contribution in [0.3, 0.4) is 0 Å². The minimum atomic E-state index is -0.0319. The Morgan fingerprint density at radius 1 is 1.39 bits per heavy atom. The van der Waals surface area contributed by atoms with E-state index < -0.39 is 0 Å². The average Bonchev–Trinajstić information content (AvgIpc) is 3.32. The van der Waals surface area contributed by atoms with Gasteiger partial charge in [-0.3, -0.25) is 9.59 Å². The van der Waals surface area contributed by atoms with E-state index in [-0.39, 0.29) is 11.5 Å². The summed E-state index contributed by atoms with van der Waals surface area (Å²) in [6, 6.07) is 7.20. The standard InChI is InChI=1S/C22H24ClN3O3S2/c1-26(9-10-29-15-5-2-4-14(23)12-15)19(27)8-11-30-13-18-24-21(28)20-16-6-3-7-17(16)31-22(20)25-18/h2,4-5,12H,3,6-11,13H2,1H3,(H,24,25,28). The van der Waals surface area contributed by atoms with E-state index in [2.05, 4.69) is 9.97 Å². The van der Waals surface area contributed by atoms with Crippen molar-refractivity contribution in [1.29, 1.82) is 0 Å². The number of likely N-dealkylation sites (N-methyl/N-ethyl adjacent to an activating group) is 1. The largest absolute Gasteiger partial charge is 0.492 e. The highest BCUT2D eigenvalue weighted by Crippen LogP contribution is 2.34. The van der Waals surface area contributed by atoms with Gasteiger partial charge in [0.1, 0.15) is 23.0 Å². The maximum absolute atomic E-state index is 12.5.